The first-order valence-electron chi connectivity index (χ1n) is 5.42. The molecule has 0 saturated carbocycles. The molecule has 14 heavy (non-hydrogen) atoms. The van der Waals surface area contributed by atoms with E-state index in [9.17, 15) is 0 Å². The van der Waals surface area contributed by atoms with Crippen molar-refractivity contribution in [3.8, 4) is 0 Å². The minimum absolute atomic E-state index is 0.659. The number of hydrogen-bond acceptors (Lipinski definition) is 2. The van der Waals surface area contributed by atoms with Gasteiger partial charge in [0.25, 0.3) is 0 Å². The number of nitrogens with zero attached hydrogens (tertiary/aromatic N) is 1. The van der Waals surface area contributed by atoms with E-state index in [4.69, 9.17) is 5.73 Å². The molecule has 2 N–H and O–H groups in total. The van der Waals surface area contributed by atoms with Crippen molar-refractivity contribution in [2.24, 2.45) is 11.7 Å². The van der Waals surface area contributed by atoms with Crippen LogP contribution >= 0.6 is 0 Å². The van der Waals surface area contributed by atoms with Crippen LogP contribution in [0.15, 0.2) is 25.3 Å². The van der Waals surface area contributed by atoms with E-state index in [0.717, 1.165) is 26.2 Å². The Hall–Kier alpha value is -0.600. The van der Waals surface area contributed by atoms with E-state index in [-0.39, 0.29) is 0 Å². The molecule has 0 saturated heterocycles. The first-order chi connectivity index (χ1) is 6.78. The van der Waals surface area contributed by atoms with Gasteiger partial charge in [0.2, 0.25) is 0 Å². The second-order valence-corrected chi connectivity index (χ2v) is 3.64. The third kappa shape index (κ3) is 5.95. The van der Waals surface area contributed by atoms with E-state index >= 15 is 0 Å². The van der Waals surface area contributed by atoms with Crippen molar-refractivity contribution in [2.75, 3.05) is 26.2 Å². The minimum atomic E-state index is 0.659. The molecule has 0 aliphatic rings. The molecule has 2 heteroatoms. The lowest BCUT2D eigenvalue weighted by Crippen LogP contribution is -2.28. The van der Waals surface area contributed by atoms with E-state index in [0.29, 0.717) is 5.92 Å². The largest absolute Gasteiger partial charge is 0.330 e. The SMILES string of the molecule is C=CCN(CC=C)CCC(CC)CN. The van der Waals surface area contributed by atoms with Crippen LogP contribution in [0.25, 0.3) is 0 Å². The Kier molecular flexibility index (Phi) is 8.59. The van der Waals surface area contributed by atoms with E-state index < -0.39 is 0 Å². The van der Waals surface area contributed by atoms with Crippen LogP contribution < -0.4 is 5.73 Å². The van der Waals surface area contributed by atoms with Crippen LogP contribution in [0.5, 0.6) is 0 Å². The predicted octanol–water partition coefficient (Wildman–Crippen LogP) is 2.04. The van der Waals surface area contributed by atoms with Crippen molar-refractivity contribution in [1.29, 1.82) is 0 Å². The predicted molar refractivity (Wildman–Crippen MR) is 64.3 cm³/mol. The zero-order valence-corrected chi connectivity index (χ0v) is 9.41. The first kappa shape index (κ1) is 13.4. The lowest BCUT2D eigenvalue weighted by Gasteiger charge is -2.21. The molecule has 0 bridgehead atoms. The van der Waals surface area contributed by atoms with Crippen molar-refractivity contribution in [3.05, 3.63) is 25.3 Å². The summed E-state index contributed by atoms with van der Waals surface area (Å²) in [5.41, 5.74) is 5.66. The first-order valence-corrected chi connectivity index (χ1v) is 5.42. The van der Waals surface area contributed by atoms with Gasteiger partial charge in [0.15, 0.2) is 0 Å². The minimum Gasteiger partial charge on any atom is -0.330 e. The van der Waals surface area contributed by atoms with Gasteiger partial charge in [0.05, 0.1) is 0 Å². The van der Waals surface area contributed by atoms with Crippen molar-refractivity contribution >= 4 is 0 Å². The summed E-state index contributed by atoms with van der Waals surface area (Å²) >= 11 is 0. The highest BCUT2D eigenvalue weighted by atomic mass is 15.1. The molecular weight excluding hydrogens is 172 g/mol. The van der Waals surface area contributed by atoms with Crippen LogP contribution in [0.4, 0.5) is 0 Å². The standard InChI is InChI=1S/C12H24N2/c1-4-8-14(9-5-2)10-7-12(6-3)11-13/h4-5,12H,1-2,6-11,13H2,3H3. The molecule has 0 aliphatic carbocycles. The summed E-state index contributed by atoms with van der Waals surface area (Å²) in [6, 6.07) is 0. The molecule has 0 amide bonds. The molecule has 0 fully saturated rings. The molecule has 1 unspecified atom stereocenters. The highest BCUT2D eigenvalue weighted by Crippen LogP contribution is 2.07. The fraction of sp³-hybridized carbons (Fsp3) is 0.667. The smallest absolute Gasteiger partial charge is 0.0163 e. The van der Waals surface area contributed by atoms with Crippen LogP contribution in [0.2, 0.25) is 0 Å². The average molecular weight is 196 g/mol. The molecule has 82 valence electrons. The lowest BCUT2D eigenvalue weighted by atomic mass is 10.0. The fourth-order valence-electron chi connectivity index (χ4n) is 1.48. The molecule has 0 spiro atoms. The van der Waals surface area contributed by atoms with Crippen molar-refractivity contribution < 1.29 is 0 Å². The maximum Gasteiger partial charge on any atom is 0.0163 e. The summed E-state index contributed by atoms with van der Waals surface area (Å²) in [4.78, 5) is 2.33. The number of hydrogen-bond donors (Lipinski definition) is 1. The van der Waals surface area contributed by atoms with E-state index in [2.05, 4.69) is 25.0 Å². The second kappa shape index (κ2) is 8.97. The van der Waals surface area contributed by atoms with Crippen molar-refractivity contribution in [1.82, 2.24) is 4.90 Å². The van der Waals surface area contributed by atoms with Crippen LogP contribution in [-0.2, 0) is 0 Å². The van der Waals surface area contributed by atoms with Crippen LogP contribution in [0, 0.1) is 5.92 Å². The number of rotatable bonds is 9. The Morgan fingerprint density at radius 1 is 1.29 bits per heavy atom. The summed E-state index contributed by atoms with van der Waals surface area (Å²) < 4.78 is 0. The van der Waals surface area contributed by atoms with Gasteiger partial charge in [-0.15, -0.1) is 13.2 Å². The molecule has 0 aromatic heterocycles. The average Bonchev–Trinajstić information content (AvgIpc) is 2.20. The van der Waals surface area contributed by atoms with Gasteiger partial charge in [-0.3, -0.25) is 4.90 Å². The third-order valence-electron chi connectivity index (χ3n) is 2.54. The van der Waals surface area contributed by atoms with Gasteiger partial charge in [-0.25, -0.2) is 0 Å². The maximum atomic E-state index is 5.66. The summed E-state index contributed by atoms with van der Waals surface area (Å²) in [6.45, 7) is 13.5. The topological polar surface area (TPSA) is 29.3 Å². The summed E-state index contributed by atoms with van der Waals surface area (Å²) in [5, 5.41) is 0. The molecule has 0 aromatic rings. The molecule has 0 aromatic carbocycles. The molecule has 0 radical (unpaired) electrons. The van der Waals surface area contributed by atoms with Gasteiger partial charge in [0, 0.05) is 13.1 Å². The molecule has 1 atom stereocenters. The highest BCUT2D eigenvalue weighted by Gasteiger charge is 2.06. The van der Waals surface area contributed by atoms with E-state index in [1.54, 1.807) is 0 Å². The van der Waals surface area contributed by atoms with Crippen LogP contribution in [-0.4, -0.2) is 31.1 Å². The Morgan fingerprint density at radius 3 is 2.21 bits per heavy atom. The highest BCUT2D eigenvalue weighted by molar-refractivity contribution is 4.80. The molecule has 0 rings (SSSR count). The van der Waals surface area contributed by atoms with Gasteiger partial charge in [-0.2, -0.15) is 0 Å². The molecule has 2 nitrogen and oxygen atoms in total. The normalized spacial score (nSPS) is 12.8. The molecular formula is C12H24N2. The Morgan fingerprint density at radius 2 is 1.86 bits per heavy atom. The lowest BCUT2D eigenvalue weighted by molar-refractivity contribution is 0.298. The fourth-order valence-corrected chi connectivity index (χ4v) is 1.48. The maximum absolute atomic E-state index is 5.66. The van der Waals surface area contributed by atoms with E-state index in [1.165, 1.54) is 12.8 Å². The van der Waals surface area contributed by atoms with Gasteiger partial charge < -0.3 is 5.73 Å². The van der Waals surface area contributed by atoms with E-state index in [1.807, 2.05) is 12.2 Å². The zero-order chi connectivity index (χ0) is 10.8. The summed E-state index contributed by atoms with van der Waals surface area (Å²) in [5.74, 6) is 0.659. The van der Waals surface area contributed by atoms with Gasteiger partial charge in [-0.05, 0) is 25.4 Å². The second-order valence-electron chi connectivity index (χ2n) is 3.64. The van der Waals surface area contributed by atoms with Crippen molar-refractivity contribution in [2.45, 2.75) is 19.8 Å². The van der Waals surface area contributed by atoms with Gasteiger partial charge in [-0.1, -0.05) is 25.5 Å². The van der Waals surface area contributed by atoms with Crippen LogP contribution in [0.1, 0.15) is 19.8 Å². The summed E-state index contributed by atoms with van der Waals surface area (Å²) in [6.07, 6.45) is 6.22. The molecule has 0 aliphatic heterocycles. The Bertz CT molecular complexity index is 140. The third-order valence-corrected chi connectivity index (χ3v) is 2.54. The molecule has 0 heterocycles. The summed E-state index contributed by atoms with van der Waals surface area (Å²) in [7, 11) is 0. The van der Waals surface area contributed by atoms with Crippen molar-refractivity contribution in [3.63, 3.8) is 0 Å². The van der Waals surface area contributed by atoms with Gasteiger partial charge >= 0.3 is 0 Å². The number of nitrogens with two attached hydrogens (primary N) is 1. The zero-order valence-electron chi connectivity index (χ0n) is 9.41. The Balaban J connectivity index is 3.77. The quantitative estimate of drug-likeness (QED) is 0.572. The Labute approximate surface area is 88.5 Å². The van der Waals surface area contributed by atoms with Crippen LogP contribution in [0.3, 0.4) is 0 Å². The monoisotopic (exact) mass is 196 g/mol. The van der Waals surface area contributed by atoms with Gasteiger partial charge in [0.1, 0.15) is 0 Å².